The van der Waals surface area contributed by atoms with Crippen LogP contribution in [0.15, 0.2) is 52.2 Å². The number of hydrogen-bond acceptors (Lipinski definition) is 5. The second-order valence-corrected chi connectivity index (χ2v) is 6.72. The number of amides is 1. The Morgan fingerprint density at radius 1 is 1.26 bits per heavy atom. The number of nitrogens with one attached hydrogen (secondary N) is 2. The highest BCUT2D eigenvalue weighted by molar-refractivity contribution is 7.98. The first-order valence-electron chi connectivity index (χ1n) is 8.05. The predicted molar refractivity (Wildman–Crippen MR) is 100 cm³/mol. The van der Waals surface area contributed by atoms with E-state index in [1.807, 2.05) is 30.5 Å². The number of aromatic nitrogens is 4. The normalized spacial score (nSPS) is 11.2. The molecule has 0 aliphatic carbocycles. The molecule has 27 heavy (non-hydrogen) atoms. The van der Waals surface area contributed by atoms with Crippen molar-refractivity contribution in [2.75, 3.05) is 6.26 Å². The van der Waals surface area contributed by atoms with Crippen LogP contribution in [-0.4, -0.2) is 32.0 Å². The highest BCUT2D eigenvalue weighted by Crippen LogP contribution is 2.16. The topological polar surface area (TPSA) is 92.2 Å². The molecule has 0 aliphatic rings. The van der Waals surface area contributed by atoms with Gasteiger partial charge in [-0.25, -0.2) is 8.91 Å². The summed E-state index contributed by atoms with van der Waals surface area (Å²) >= 11 is 1.63. The lowest BCUT2D eigenvalue weighted by Crippen LogP contribution is -2.25. The van der Waals surface area contributed by atoms with Gasteiger partial charge < -0.3 is 10.3 Å². The molecule has 0 fully saturated rings. The first-order valence-corrected chi connectivity index (χ1v) is 9.27. The lowest BCUT2D eigenvalue weighted by Gasteiger charge is -2.05. The number of hydrogen-bond donors (Lipinski definition) is 2. The summed E-state index contributed by atoms with van der Waals surface area (Å²) in [5.41, 5.74) is 1.02. The molecule has 2 aromatic carbocycles. The zero-order chi connectivity index (χ0) is 19.0. The maximum Gasteiger partial charge on any atom is 0.277 e. The number of nitrogens with zero attached hydrogens (tertiary/aromatic N) is 3. The number of carbonyl (C=O) groups is 1. The van der Waals surface area contributed by atoms with Crippen molar-refractivity contribution in [1.29, 1.82) is 0 Å². The van der Waals surface area contributed by atoms with Crippen LogP contribution in [0.25, 0.3) is 16.6 Å². The molecule has 0 spiro atoms. The van der Waals surface area contributed by atoms with E-state index in [4.69, 9.17) is 0 Å². The molecule has 1 amide bonds. The Labute approximate surface area is 156 Å². The number of thioether (sulfide) groups is 1. The molecule has 0 saturated heterocycles. The lowest BCUT2D eigenvalue weighted by molar-refractivity contribution is 0.0947. The second kappa shape index (κ2) is 6.84. The number of halogens is 1. The molecule has 0 radical (unpaired) electrons. The standard InChI is InChI=1S/C18H14FN5O2S/c1-27-12-5-2-10(3-6-12)9-20-17(25)15-16-18(26)21-13-8-11(19)4-7-14(13)24(16)23-22-15/h2-8H,9H2,1H3,(H,20,25)(H,21,26). The van der Waals surface area contributed by atoms with E-state index < -0.39 is 17.3 Å². The van der Waals surface area contributed by atoms with Gasteiger partial charge >= 0.3 is 0 Å². The molecule has 0 bridgehead atoms. The molecule has 2 aromatic heterocycles. The summed E-state index contributed by atoms with van der Waals surface area (Å²) in [6.07, 6.45) is 1.99. The zero-order valence-electron chi connectivity index (χ0n) is 14.2. The summed E-state index contributed by atoms with van der Waals surface area (Å²) in [5, 5.41) is 10.5. The predicted octanol–water partition coefficient (Wildman–Crippen LogP) is 2.36. The molecule has 2 heterocycles. The SMILES string of the molecule is CSc1ccc(CNC(=O)c2nnn3c2c(=O)[nH]c2cc(F)ccc23)cc1. The maximum atomic E-state index is 13.4. The summed E-state index contributed by atoms with van der Waals surface area (Å²) < 4.78 is 14.6. The largest absolute Gasteiger partial charge is 0.346 e. The second-order valence-electron chi connectivity index (χ2n) is 5.84. The van der Waals surface area contributed by atoms with Gasteiger partial charge in [-0.3, -0.25) is 9.59 Å². The number of H-pyrrole nitrogens is 1. The fraction of sp³-hybridized carbons (Fsp3) is 0.111. The van der Waals surface area contributed by atoms with Crippen molar-refractivity contribution in [1.82, 2.24) is 25.1 Å². The van der Waals surface area contributed by atoms with Gasteiger partial charge in [0, 0.05) is 11.4 Å². The molecule has 4 rings (SSSR count). The average Bonchev–Trinajstić information content (AvgIpc) is 3.12. The van der Waals surface area contributed by atoms with Gasteiger partial charge in [0.2, 0.25) is 0 Å². The molecule has 4 aromatic rings. The van der Waals surface area contributed by atoms with Gasteiger partial charge in [-0.2, -0.15) is 0 Å². The Balaban J connectivity index is 1.65. The first kappa shape index (κ1) is 17.2. The molecule has 2 N–H and O–H groups in total. The summed E-state index contributed by atoms with van der Waals surface area (Å²) in [5.74, 6) is -0.992. The van der Waals surface area contributed by atoms with Gasteiger partial charge in [0.25, 0.3) is 11.5 Å². The van der Waals surface area contributed by atoms with E-state index in [-0.39, 0.29) is 16.7 Å². The highest BCUT2D eigenvalue weighted by Gasteiger charge is 2.19. The van der Waals surface area contributed by atoms with Crippen molar-refractivity contribution in [2.45, 2.75) is 11.4 Å². The molecular weight excluding hydrogens is 369 g/mol. The Morgan fingerprint density at radius 2 is 2.04 bits per heavy atom. The van der Waals surface area contributed by atoms with Gasteiger partial charge in [0.05, 0.1) is 11.0 Å². The fourth-order valence-corrected chi connectivity index (χ4v) is 3.20. The van der Waals surface area contributed by atoms with Gasteiger partial charge in [0.15, 0.2) is 11.2 Å². The summed E-state index contributed by atoms with van der Waals surface area (Å²) in [7, 11) is 0. The minimum Gasteiger partial charge on any atom is -0.346 e. The van der Waals surface area contributed by atoms with Crippen molar-refractivity contribution in [3.8, 4) is 0 Å². The van der Waals surface area contributed by atoms with Crippen LogP contribution >= 0.6 is 11.8 Å². The van der Waals surface area contributed by atoms with E-state index >= 15 is 0 Å². The van der Waals surface area contributed by atoms with Gasteiger partial charge in [-0.15, -0.1) is 16.9 Å². The third-order valence-electron chi connectivity index (χ3n) is 4.15. The van der Waals surface area contributed by atoms with Crippen LogP contribution in [0, 0.1) is 5.82 Å². The fourth-order valence-electron chi connectivity index (χ4n) is 2.79. The van der Waals surface area contributed by atoms with Crippen molar-refractivity contribution in [2.24, 2.45) is 0 Å². The number of aromatic amines is 1. The quantitative estimate of drug-likeness (QED) is 0.528. The molecular formula is C18H14FN5O2S. The molecule has 9 heteroatoms. The van der Waals surface area contributed by atoms with Crippen LogP contribution < -0.4 is 10.9 Å². The van der Waals surface area contributed by atoms with Crippen LogP contribution in [0.2, 0.25) is 0 Å². The summed E-state index contributed by atoms with van der Waals surface area (Å²) in [6, 6.07) is 11.7. The lowest BCUT2D eigenvalue weighted by atomic mass is 10.2. The van der Waals surface area contributed by atoms with E-state index in [0.717, 1.165) is 10.5 Å². The zero-order valence-corrected chi connectivity index (χ0v) is 15.0. The Kier molecular flexibility index (Phi) is 4.36. The van der Waals surface area contributed by atoms with Gasteiger partial charge in [0.1, 0.15) is 5.82 Å². The Hall–Kier alpha value is -3.20. The maximum absolute atomic E-state index is 13.4. The monoisotopic (exact) mass is 383 g/mol. The molecule has 0 atom stereocenters. The van der Waals surface area contributed by atoms with Crippen molar-refractivity contribution in [3.05, 3.63) is 69.9 Å². The van der Waals surface area contributed by atoms with Crippen LogP contribution in [0.4, 0.5) is 4.39 Å². The molecule has 0 saturated carbocycles. The van der Waals surface area contributed by atoms with Gasteiger partial charge in [-0.05, 0) is 42.2 Å². The molecule has 136 valence electrons. The van der Waals surface area contributed by atoms with E-state index in [0.29, 0.717) is 12.1 Å². The Bertz CT molecular complexity index is 1220. The van der Waals surface area contributed by atoms with E-state index in [2.05, 4.69) is 20.6 Å². The number of rotatable bonds is 4. The van der Waals surface area contributed by atoms with Crippen molar-refractivity contribution in [3.63, 3.8) is 0 Å². The molecule has 7 nitrogen and oxygen atoms in total. The third-order valence-corrected chi connectivity index (χ3v) is 4.89. The summed E-state index contributed by atoms with van der Waals surface area (Å²) in [6.45, 7) is 0.295. The van der Waals surface area contributed by atoms with E-state index in [9.17, 15) is 14.0 Å². The van der Waals surface area contributed by atoms with Crippen molar-refractivity contribution < 1.29 is 9.18 Å². The van der Waals surface area contributed by atoms with Crippen LogP contribution in [0.5, 0.6) is 0 Å². The minimum absolute atomic E-state index is 0.0179. The summed E-state index contributed by atoms with van der Waals surface area (Å²) in [4.78, 5) is 28.6. The van der Waals surface area contributed by atoms with E-state index in [1.54, 1.807) is 11.8 Å². The highest BCUT2D eigenvalue weighted by atomic mass is 32.2. The van der Waals surface area contributed by atoms with Crippen LogP contribution in [0.1, 0.15) is 16.1 Å². The van der Waals surface area contributed by atoms with Crippen LogP contribution in [0.3, 0.4) is 0 Å². The number of carbonyl (C=O) groups excluding carboxylic acids is 1. The third kappa shape index (κ3) is 3.17. The van der Waals surface area contributed by atoms with E-state index in [1.165, 1.54) is 22.7 Å². The molecule has 0 unspecified atom stereocenters. The molecule has 0 aliphatic heterocycles. The first-order chi connectivity index (χ1) is 13.1. The Morgan fingerprint density at radius 3 is 2.78 bits per heavy atom. The van der Waals surface area contributed by atoms with Crippen molar-refractivity contribution >= 4 is 34.2 Å². The number of fused-ring (bicyclic) bond motifs is 3. The number of benzene rings is 2. The minimum atomic E-state index is -0.562. The average molecular weight is 383 g/mol. The van der Waals surface area contributed by atoms with Crippen LogP contribution in [-0.2, 0) is 6.54 Å². The van der Waals surface area contributed by atoms with Gasteiger partial charge in [-0.1, -0.05) is 17.3 Å². The smallest absolute Gasteiger partial charge is 0.277 e.